The minimum atomic E-state index is -0.265. The molecule has 0 aliphatic rings. The van der Waals surface area contributed by atoms with Crippen LogP contribution in [0.2, 0.25) is 5.02 Å². The zero-order valence-electron chi connectivity index (χ0n) is 12.4. The molecule has 0 unspecified atom stereocenters. The van der Waals surface area contributed by atoms with Gasteiger partial charge >= 0.3 is 0 Å². The van der Waals surface area contributed by atoms with Gasteiger partial charge in [0, 0.05) is 10.6 Å². The van der Waals surface area contributed by atoms with Gasteiger partial charge in [-0.1, -0.05) is 53.3 Å². The Morgan fingerprint density at radius 2 is 1.87 bits per heavy atom. The van der Waals surface area contributed by atoms with E-state index in [-0.39, 0.29) is 5.91 Å². The molecule has 0 aliphatic heterocycles. The predicted molar refractivity (Wildman–Crippen MR) is 91.7 cm³/mol. The van der Waals surface area contributed by atoms with Gasteiger partial charge in [-0.2, -0.15) is 10.1 Å². The minimum Gasteiger partial charge on any atom is -0.267 e. The SMILES string of the molecule is Cc1nn(Cc2ccc(Cl)cc2)c(=NC(=O)c2ccccc2)s1. The summed E-state index contributed by atoms with van der Waals surface area (Å²) in [4.78, 5) is 17.1. The quantitative estimate of drug-likeness (QED) is 0.728. The Morgan fingerprint density at radius 3 is 2.57 bits per heavy atom. The molecular weight excluding hydrogens is 330 g/mol. The summed E-state index contributed by atoms with van der Waals surface area (Å²) in [5.74, 6) is -0.265. The molecule has 2 aromatic carbocycles. The number of halogens is 1. The molecule has 1 aromatic heterocycles. The average molecular weight is 344 g/mol. The lowest BCUT2D eigenvalue weighted by molar-refractivity contribution is 0.0997. The van der Waals surface area contributed by atoms with E-state index in [0.717, 1.165) is 10.6 Å². The second-order valence-corrected chi connectivity index (χ2v) is 6.57. The zero-order chi connectivity index (χ0) is 16.2. The highest BCUT2D eigenvalue weighted by molar-refractivity contribution is 7.08. The van der Waals surface area contributed by atoms with Crippen molar-refractivity contribution < 1.29 is 4.79 Å². The molecule has 1 heterocycles. The standard InChI is InChI=1S/C17H14ClN3OS/c1-12-20-21(11-13-7-9-15(18)10-8-13)17(23-12)19-16(22)14-5-3-2-4-6-14/h2-10H,11H2,1H3. The van der Waals surface area contributed by atoms with E-state index in [1.54, 1.807) is 16.8 Å². The van der Waals surface area contributed by atoms with Crippen molar-refractivity contribution in [2.24, 2.45) is 4.99 Å². The van der Waals surface area contributed by atoms with Crippen LogP contribution in [0.4, 0.5) is 0 Å². The highest BCUT2D eigenvalue weighted by Crippen LogP contribution is 2.10. The van der Waals surface area contributed by atoms with Crippen LogP contribution in [0, 0.1) is 6.92 Å². The molecule has 0 bridgehead atoms. The molecular formula is C17H14ClN3OS. The number of hydrogen-bond donors (Lipinski definition) is 0. The number of amides is 1. The minimum absolute atomic E-state index is 0.265. The summed E-state index contributed by atoms with van der Waals surface area (Å²) in [5, 5.41) is 5.98. The van der Waals surface area contributed by atoms with Crippen LogP contribution in [0.1, 0.15) is 20.9 Å². The third kappa shape index (κ3) is 3.94. The van der Waals surface area contributed by atoms with E-state index < -0.39 is 0 Å². The molecule has 0 saturated heterocycles. The lowest BCUT2D eigenvalue weighted by atomic mass is 10.2. The summed E-state index contributed by atoms with van der Waals surface area (Å²) in [6, 6.07) is 16.6. The van der Waals surface area contributed by atoms with Crippen LogP contribution in [-0.4, -0.2) is 15.7 Å². The van der Waals surface area contributed by atoms with Crippen LogP contribution in [0.5, 0.6) is 0 Å². The summed E-state index contributed by atoms with van der Waals surface area (Å²) >= 11 is 7.30. The summed E-state index contributed by atoms with van der Waals surface area (Å²) < 4.78 is 1.74. The van der Waals surface area contributed by atoms with Gasteiger partial charge in [0.25, 0.3) is 5.91 Å². The van der Waals surface area contributed by atoms with E-state index in [2.05, 4.69) is 10.1 Å². The Kier molecular flexibility index (Phi) is 4.69. The summed E-state index contributed by atoms with van der Waals surface area (Å²) in [6.07, 6.45) is 0. The molecule has 4 nitrogen and oxygen atoms in total. The summed E-state index contributed by atoms with van der Waals surface area (Å²) in [7, 11) is 0. The molecule has 0 N–H and O–H groups in total. The maximum absolute atomic E-state index is 12.3. The third-order valence-electron chi connectivity index (χ3n) is 3.18. The van der Waals surface area contributed by atoms with E-state index >= 15 is 0 Å². The highest BCUT2D eigenvalue weighted by atomic mass is 35.5. The molecule has 0 fully saturated rings. The van der Waals surface area contributed by atoms with Crippen molar-refractivity contribution >= 4 is 28.8 Å². The fraction of sp³-hybridized carbons (Fsp3) is 0.118. The number of carbonyl (C=O) groups is 1. The number of carbonyl (C=O) groups excluding carboxylic acids is 1. The van der Waals surface area contributed by atoms with Crippen LogP contribution in [0.3, 0.4) is 0 Å². The van der Waals surface area contributed by atoms with E-state index in [0.29, 0.717) is 21.9 Å². The van der Waals surface area contributed by atoms with Gasteiger partial charge in [0.2, 0.25) is 4.80 Å². The number of hydrogen-bond acceptors (Lipinski definition) is 3. The Balaban J connectivity index is 1.92. The Hall–Kier alpha value is -2.24. The Morgan fingerprint density at radius 1 is 1.17 bits per heavy atom. The lowest BCUT2D eigenvalue weighted by Gasteiger charge is -2.02. The first kappa shape index (κ1) is 15.6. The molecule has 0 aliphatic carbocycles. The van der Waals surface area contributed by atoms with Crippen LogP contribution in [0.15, 0.2) is 59.6 Å². The maximum Gasteiger partial charge on any atom is 0.279 e. The zero-order valence-corrected chi connectivity index (χ0v) is 14.0. The molecule has 0 saturated carbocycles. The molecule has 116 valence electrons. The van der Waals surface area contributed by atoms with Crippen LogP contribution in [-0.2, 0) is 6.54 Å². The fourth-order valence-corrected chi connectivity index (χ4v) is 2.97. The number of rotatable bonds is 3. The van der Waals surface area contributed by atoms with Crippen LogP contribution < -0.4 is 4.80 Å². The number of nitrogens with zero attached hydrogens (tertiary/aromatic N) is 3. The summed E-state index contributed by atoms with van der Waals surface area (Å²) in [5.41, 5.74) is 1.62. The Bertz CT molecular complexity index is 882. The van der Waals surface area contributed by atoms with Gasteiger partial charge in [0.1, 0.15) is 5.01 Å². The lowest BCUT2D eigenvalue weighted by Crippen LogP contribution is -2.19. The first-order valence-corrected chi connectivity index (χ1v) is 8.24. The van der Waals surface area contributed by atoms with Crippen molar-refractivity contribution in [3.8, 4) is 0 Å². The largest absolute Gasteiger partial charge is 0.279 e. The van der Waals surface area contributed by atoms with Crippen LogP contribution >= 0.6 is 22.9 Å². The van der Waals surface area contributed by atoms with Crippen molar-refractivity contribution in [1.82, 2.24) is 9.78 Å². The molecule has 0 radical (unpaired) electrons. The Labute approximate surface area is 142 Å². The van der Waals surface area contributed by atoms with Gasteiger partial charge in [-0.3, -0.25) is 4.79 Å². The average Bonchev–Trinajstić information content (AvgIpc) is 2.89. The molecule has 3 rings (SSSR count). The van der Waals surface area contributed by atoms with Gasteiger partial charge in [-0.15, -0.1) is 0 Å². The van der Waals surface area contributed by atoms with E-state index in [4.69, 9.17) is 11.6 Å². The molecule has 1 amide bonds. The smallest absolute Gasteiger partial charge is 0.267 e. The van der Waals surface area contributed by atoms with Crippen LogP contribution in [0.25, 0.3) is 0 Å². The van der Waals surface area contributed by atoms with Crippen molar-refractivity contribution in [1.29, 1.82) is 0 Å². The highest BCUT2D eigenvalue weighted by Gasteiger charge is 2.07. The van der Waals surface area contributed by atoms with Gasteiger partial charge in [0.15, 0.2) is 0 Å². The first-order valence-electron chi connectivity index (χ1n) is 7.05. The fourth-order valence-electron chi connectivity index (χ4n) is 2.10. The second-order valence-electron chi connectivity index (χ2n) is 4.97. The molecule has 3 aromatic rings. The third-order valence-corrected chi connectivity index (χ3v) is 4.30. The van der Waals surface area contributed by atoms with E-state index in [1.165, 1.54) is 11.3 Å². The topological polar surface area (TPSA) is 47.2 Å². The van der Waals surface area contributed by atoms with E-state index in [1.807, 2.05) is 49.4 Å². The predicted octanol–water partition coefficient (Wildman–Crippen LogP) is 3.70. The van der Waals surface area contributed by atoms with Gasteiger partial charge in [0.05, 0.1) is 6.54 Å². The van der Waals surface area contributed by atoms with Gasteiger partial charge in [-0.25, -0.2) is 4.68 Å². The number of aromatic nitrogens is 2. The van der Waals surface area contributed by atoms with Crippen molar-refractivity contribution in [2.45, 2.75) is 13.5 Å². The summed E-state index contributed by atoms with van der Waals surface area (Å²) in [6.45, 7) is 2.44. The van der Waals surface area contributed by atoms with E-state index in [9.17, 15) is 4.79 Å². The second kappa shape index (κ2) is 6.89. The molecule has 23 heavy (non-hydrogen) atoms. The molecule has 6 heteroatoms. The number of aryl methyl sites for hydroxylation is 1. The molecule has 0 atom stereocenters. The van der Waals surface area contributed by atoms with Gasteiger partial charge < -0.3 is 0 Å². The first-order chi connectivity index (χ1) is 11.1. The van der Waals surface area contributed by atoms with Crippen molar-refractivity contribution in [3.05, 3.63) is 80.6 Å². The van der Waals surface area contributed by atoms with Gasteiger partial charge in [-0.05, 0) is 36.8 Å². The maximum atomic E-state index is 12.3. The number of benzene rings is 2. The van der Waals surface area contributed by atoms with Crippen molar-refractivity contribution in [2.75, 3.05) is 0 Å². The monoisotopic (exact) mass is 343 g/mol. The normalized spacial score (nSPS) is 11.7. The van der Waals surface area contributed by atoms with Crippen molar-refractivity contribution in [3.63, 3.8) is 0 Å². The molecule has 0 spiro atoms.